The second-order valence-corrected chi connectivity index (χ2v) is 4.95. The fourth-order valence-electron chi connectivity index (χ4n) is 1.72. The molecule has 1 aromatic heterocycles. The number of benzene rings is 1. The number of aromatic nitrogens is 1. The highest BCUT2D eigenvalue weighted by atomic mass is 32.1. The lowest BCUT2D eigenvalue weighted by Gasteiger charge is -2.07. The van der Waals surface area contributed by atoms with Crippen LogP contribution in [0.15, 0.2) is 18.2 Å². The van der Waals surface area contributed by atoms with Crippen LogP contribution >= 0.6 is 11.5 Å². The molecule has 15 heavy (non-hydrogen) atoms. The van der Waals surface area contributed by atoms with Gasteiger partial charge in [-0.3, -0.25) is 0 Å². The maximum atomic E-state index is 5.63. The summed E-state index contributed by atoms with van der Waals surface area (Å²) in [4.78, 5) is 0. The van der Waals surface area contributed by atoms with Crippen molar-refractivity contribution in [3.8, 4) is 0 Å². The van der Waals surface area contributed by atoms with E-state index in [9.17, 15) is 0 Å². The minimum absolute atomic E-state index is 0.552. The van der Waals surface area contributed by atoms with Crippen molar-refractivity contribution in [3.05, 3.63) is 29.5 Å². The van der Waals surface area contributed by atoms with E-state index in [1.54, 1.807) is 11.5 Å². The van der Waals surface area contributed by atoms with E-state index in [1.807, 2.05) is 0 Å². The van der Waals surface area contributed by atoms with E-state index in [2.05, 4.69) is 36.4 Å². The zero-order valence-electron chi connectivity index (χ0n) is 9.16. The molecule has 3 heteroatoms. The minimum atomic E-state index is 0.552. The van der Waals surface area contributed by atoms with Gasteiger partial charge in [-0.2, -0.15) is 4.37 Å². The third-order valence-corrected chi connectivity index (χ3v) is 3.60. The summed E-state index contributed by atoms with van der Waals surface area (Å²) in [7, 11) is 0. The lowest BCUT2D eigenvalue weighted by Crippen LogP contribution is -2.12. The molecule has 1 atom stereocenters. The highest BCUT2D eigenvalue weighted by Gasteiger charge is 2.05. The van der Waals surface area contributed by atoms with Crippen LogP contribution in [0.4, 0.5) is 0 Å². The highest BCUT2D eigenvalue weighted by Crippen LogP contribution is 2.24. The standard InChI is InChI=1S/C12H16N2S/c1-8(7-13)5-10-3-4-11-9(2)14-15-12(11)6-10/h3-4,6,8H,5,7,13H2,1-2H3. The van der Waals surface area contributed by atoms with E-state index < -0.39 is 0 Å². The molecule has 1 heterocycles. The summed E-state index contributed by atoms with van der Waals surface area (Å²) in [5, 5.41) is 1.28. The van der Waals surface area contributed by atoms with Crippen LogP contribution in [0.3, 0.4) is 0 Å². The van der Waals surface area contributed by atoms with Crippen molar-refractivity contribution in [1.82, 2.24) is 4.37 Å². The first-order valence-corrected chi connectivity index (χ1v) is 6.03. The molecule has 0 radical (unpaired) electrons. The van der Waals surface area contributed by atoms with E-state index in [0.29, 0.717) is 5.92 Å². The van der Waals surface area contributed by atoms with Gasteiger partial charge in [-0.05, 0) is 49.0 Å². The van der Waals surface area contributed by atoms with Crippen LogP contribution in [0.1, 0.15) is 18.2 Å². The van der Waals surface area contributed by atoms with Gasteiger partial charge in [0, 0.05) is 5.39 Å². The second-order valence-electron chi connectivity index (χ2n) is 4.14. The quantitative estimate of drug-likeness (QED) is 0.863. The smallest absolute Gasteiger partial charge is 0.0589 e. The van der Waals surface area contributed by atoms with Gasteiger partial charge in [0.15, 0.2) is 0 Å². The summed E-state index contributed by atoms with van der Waals surface area (Å²) in [6.07, 6.45) is 1.06. The molecule has 2 rings (SSSR count). The van der Waals surface area contributed by atoms with Crippen molar-refractivity contribution in [1.29, 1.82) is 0 Å². The number of hydrogen-bond donors (Lipinski definition) is 1. The van der Waals surface area contributed by atoms with E-state index in [0.717, 1.165) is 18.7 Å². The molecule has 0 saturated heterocycles. The first-order valence-electron chi connectivity index (χ1n) is 5.25. The summed E-state index contributed by atoms with van der Waals surface area (Å²) < 4.78 is 5.64. The summed E-state index contributed by atoms with van der Waals surface area (Å²) in [6, 6.07) is 6.61. The average molecular weight is 220 g/mol. The Bertz CT molecular complexity index is 462. The van der Waals surface area contributed by atoms with Gasteiger partial charge in [-0.25, -0.2) is 0 Å². The predicted molar refractivity (Wildman–Crippen MR) is 66.3 cm³/mol. The number of nitrogens with zero attached hydrogens (tertiary/aromatic N) is 1. The molecule has 0 saturated carbocycles. The van der Waals surface area contributed by atoms with Gasteiger partial charge in [0.25, 0.3) is 0 Å². The molecule has 2 aromatic rings. The predicted octanol–water partition coefficient (Wildman–Crippen LogP) is 2.74. The zero-order valence-corrected chi connectivity index (χ0v) is 9.97. The van der Waals surface area contributed by atoms with E-state index >= 15 is 0 Å². The molecule has 0 aliphatic carbocycles. The normalized spacial score (nSPS) is 13.3. The summed E-state index contributed by atoms with van der Waals surface area (Å²) in [5.41, 5.74) is 8.12. The van der Waals surface area contributed by atoms with Crippen molar-refractivity contribution in [2.45, 2.75) is 20.3 Å². The summed E-state index contributed by atoms with van der Waals surface area (Å²) in [5.74, 6) is 0.552. The SMILES string of the molecule is Cc1nsc2cc(CC(C)CN)ccc12. The molecule has 1 aromatic carbocycles. The molecule has 1 unspecified atom stereocenters. The molecule has 0 bridgehead atoms. The van der Waals surface area contributed by atoms with Crippen LogP contribution in [0.5, 0.6) is 0 Å². The third-order valence-electron chi connectivity index (χ3n) is 2.70. The van der Waals surface area contributed by atoms with Crippen molar-refractivity contribution in [2.75, 3.05) is 6.54 Å². The average Bonchev–Trinajstić information content (AvgIpc) is 2.60. The van der Waals surface area contributed by atoms with E-state index in [4.69, 9.17) is 5.73 Å². The van der Waals surface area contributed by atoms with Crippen molar-refractivity contribution in [2.24, 2.45) is 11.7 Å². The van der Waals surface area contributed by atoms with Crippen LogP contribution in [-0.2, 0) is 6.42 Å². The molecule has 0 spiro atoms. The van der Waals surface area contributed by atoms with Gasteiger partial charge < -0.3 is 5.73 Å². The van der Waals surface area contributed by atoms with Crippen LogP contribution in [-0.4, -0.2) is 10.9 Å². The molecule has 0 fully saturated rings. The third kappa shape index (κ3) is 2.19. The zero-order chi connectivity index (χ0) is 10.8. The van der Waals surface area contributed by atoms with Crippen LogP contribution in [0.25, 0.3) is 10.1 Å². The number of nitrogens with two attached hydrogens (primary N) is 1. The lowest BCUT2D eigenvalue weighted by molar-refractivity contribution is 0.593. The number of fused-ring (bicyclic) bond motifs is 1. The Morgan fingerprint density at radius 2 is 2.27 bits per heavy atom. The molecule has 0 aliphatic heterocycles. The largest absolute Gasteiger partial charge is 0.330 e. The second kappa shape index (κ2) is 4.29. The first kappa shape index (κ1) is 10.6. The van der Waals surface area contributed by atoms with Crippen LogP contribution in [0, 0.1) is 12.8 Å². The maximum Gasteiger partial charge on any atom is 0.0589 e. The molecule has 0 aliphatic rings. The molecule has 2 nitrogen and oxygen atoms in total. The first-order chi connectivity index (χ1) is 7.20. The minimum Gasteiger partial charge on any atom is -0.330 e. The van der Waals surface area contributed by atoms with E-state index in [1.165, 1.54) is 15.6 Å². The molecule has 0 amide bonds. The van der Waals surface area contributed by atoms with Gasteiger partial charge >= 0.3 is 0 Å². The summed E-state index contributed by atoms with van der Waals surface area (Å²) >= 11 is 1.58. The molecular formula is C12H16N2S. The van der Waals surface area contributed by atoms with Gasteiger partial charge in [0.2, 0.25) is 0 Å². The Morgan fingerprint density at radius 1 is 1.47 bits per heavy atom. The fourth-order valence-corrected chi connectivity index (χ4v) is 2.57. The maximum absolute atomic E-state index is 5.63. The Labute approximate surface area is 94.3 Å². The lowest BCUT2D eigenvalue weighted by atomic mass is 10.0. The Kier molecular flexibility index (Phi) is 3.03. The topological polar surface area (TPSA) is 38.9 Å². The Balaban J connectivity index is 2.31. The van der Waals surface area contributed by atoms with Crippen molar-refractivity contribution >= 4 is 21.6 Å². The Hall–Kier alpha value is -0.930. The van der Waals surface area contributed by atoms with Crippen molar-refractivity contribution in [3.63, 3.8) is 0 Å². The number of hydrogen-bond acceptors (Lipinski definition) is 3. The van der Waals surface area contributed by atoms with Crippen LogP contribution < -0.4 is 5.73 Å². The fraction of sp³-hybridized carbons (Fsp3) is 0.417. The monoisotopic (exact) mass is 220 g/mol. The highest BCUT2D eigenvalue weighted by molar-refractivity contribution is 7.13. The van der Waals surface area contributed by atoms with Gasteiger partial charge in [0.1, 0.15) is 0 Å². The molecule has 80 valence electrons. The van der Waals surface area contributed by atoms with Crippen molar-refractivity contribution < 1.29 is 0 Å². The van der Waals surface area contributed by atoms with E-state index in [-0.39, 0.29) is 0 Å². The van der Waals surface area contributed by atoms with Gasteiger partial charge in [0.05, 0.1) is 10.4 Å². The van der Waals surface area contributed by atoms with Crippen LogP contribution in [0.2, 0.25) is 0 Å². The molecule has 2 N–H and O–H groups in total. The van der Waals surface area contributed by atoms with Gasteiger partial charge in [-0.15, -0.1) is 0 Å². The Morgan fingerprint density at radius 3 is 3.00 bits per heavy atom. The molecular weight excluding hydrogens is 204 g/mol. The number of aryl methyl sites for hydroxylation is 1. The number of rotatable bonds is 3. The summed E-state index contributed by atoms with van der Waals surface area (Å²) in [6.45, 7) is 4.99. The van der Waals surface area contributed by atoms with Gasteiger partial charge in [-0.1, -0.05) is 19.1 Å².